The van der Waals surface area contributed by atoms with Crippen LogP contribution in [-0.4, -0.2) is 17.3 Å². The van der Waals surface area contributed by atoms with Gasteiger partial charge in [0.25, 0.3) is 0 Å². The molecular weight excluding hydrogens is 261 g/mol. The molecule has 0 bridgehead atoms. The average molecular weight is 274 g/mol. The van der Waals surface area contributed by atoms with E-state index in [1.807, 2.05) is 6.07 Å². The second-order valence-corrected chi connectivity index (χ2v) is 4.52. The second kappa shape index (κ2) is 6.23. The summed E-state index contributed by atoms with van der Waals surface area (Å²) in [5.74, 6) is 0. The van der Waals surface area contributed by atoms with Crippen molar-refractivity contribution in [3.8, 4) is 6.07 Å². The largest absolute Gasteiger partial charge is 0.391 e. The fraction of sp³-hybridized carbons (Fsp3) is 0.417. The van der Waals surface area contributed by atoms with E-state index in [-0.39, 0.29) is 0 Å². The molecule has 0 heterocycles. The number of hydrogen-bond acceptors (Lipinski definition) is 3. The molecule has 0 spiro atoms. The molecule has 1 N–H and O–H groups in total. The van der Waals surface area contributed by atoms with Crippen molar-refractivity contribution in [2.45, 2.75) is 32.2 Å². The lowest BCUT2D eigenvalue weighted by Crippen LogP contribution is -2.24. The summed E-state index contributed by atoms with van der Waals surface area (Å²) in [6.45, 7) is 3.28. The molecule has 0 aliphatic carbocycles. The van der Waals surface area contributed by atoms with Crippen molar-refractivity contribution >= 4 is 23.2 Å². The van der Waals surface area contributed by atoms with Crippen molar-refractivity contribution in [2.75, 3.05) is 0 Å². The maximum absolute atomic E-state index is 9.34. The topological polar surface area (TPSA) is 53.2 Å². The van der Waals surface area contributed by atoms with Crippen LogP contribution in [0, 0.1) is 11.3 Å². The van der Waals surface area contributed by atoms with Crippen LogP contribution in [0.1, 0.15) is 25.5 Å². The normalized spacial score (nSPS) is 16.0. The van der Waals surface area contributed by atoms with Crippen molar-refractivity contribution in [3.63, 3.8) is 0 Å². The highest BCUT2D eigenvalue weighted by Crippen LogP contribution is 2.32. The molecule has 1 rings (SSSR count). The van der Waals surface area contributed by atoms with Gasteiger partial charge in [0.05, 0.1) is 28.3 Å². The second-order valence-electron chi connectivity index (χ2n) is 3.73. The number of aliphatic hydroxyl groups excluding tert-OH is 1. The highest BCUT2D eigenvalue weighted by molar-refractivity contribution is 6.42. The van der Waals surface area contributed by atoms with Gasteiger partial charge >= 0.3 is 0 Å². The lowest BCUT2D eigenvalue weighted by atomic mass is 10.1. The van der Waals surface area contributed by atoms with Crippen LogP contribution in [0.15, 0.2) is 18.2 Å². The number of ether oxygens (including phenoxy) is 1. The van der Waals surface area contributed by atoms with Gasteiger partial charge in [-0.1, -0.05) is 35.3 Å². The molecule has 1 aromatic rings. The molecule has 0 radical (unpaired) electrons. The molecule has 0 aliphatic rings. The maximum atomic E-state index is 9.34. The van der Waals surface area contributed by atoms with Crippen molar-refractivity contribution in [1.82, 2.24) is 0 Å². The van der Waals surface area contributed by atoms with Crippen LogP contribution >= 0.6 is 23.2 Å². The van der Waals surface area contributed by atoms with E-state index in [2.05, 4.69) is 0 Å². The van der Waals surface area contributed by atoms with Gasteiger partial charge in [-0.2, -0.15) is 5.26 Å². The Morgan fingerprint density at radius 3 is 2.53 bits per heavy atom. The van der Waals surface area contributed by atoms with Crippen LogP contribution in [0.25, 0.3) is 0 Å². The summed E-state index contributed by atoms with van der Waals surface area (Å²) in [7, 11) is 0. The number of hydrogen-bond donors (Lipinski definition) is 1. The number of nitriles is 1. The third-order valence-corrected chi connectivity index (χ3v) is 3.24. The van der Waals surface area contributed by atoms with Gasteiger partial charge in [0, 0.05) is 5.56 Å². The summed E-state index contributed by atoms with van der Waals surface area (Å²) in [5, 5.41) is 19.1. The molecular formula is C12H13Cl2NO2. The lowest BCUT2D eigenvalue weighted by Gasteiger charge is -2.20. The summed E-state index contributed by atoms with van der Waals surface area (Å²) in [6.07, 6.45) is -1.97. The molecule has 5 heteroatoms. The minimum atomic E-state index is -0.842. The van der Waals surface area contributed by atoms with Crippen molar-refractivity contribution < 1.29 is 9.84 Å². The van der Waals surface area contributed by atoms with Crippen LogP contribution in [0.3, 0.4) is 0 Å². The van der Waals surface area contributed by atoms with E-state index in [9.17, 15) is 5.11 Å². The Kier molecular flexibility index (Phi) is 5.23. The first-order valence-electron chi connectivity index (χ1n) is 5.14. The van der Waals surface area contributed by atoms with E-state index in [1.54, 1.807) is 32.0 Å². The molecule has 0 aliphatic heterocycles. The van der Waals surface area contributed by atoms with E-state index in [0.717, 1.165) is 0 Å². The third-order valence-electron chi connectivity index (χ3n) is 2.41. The number of aliphatic hydroxyl groups is 1. The Morgan fingerprint density at radius 2 is 2.00 bits per heavy atom. The minimum absolute atomic E-state index is 0.304. The van der Waals surface area contributed by atoms with Crippen LogP contribution < -0.4 is 0 Å². The molecule has 0 aromatic heterocycles. The predicted octanol–water partition coefficient (Wildman–Crippen LogP) is 3.34. The summed E-state index contributed by atoms with van der Waals surface area (Å²) in [6, 6.07) is 7.01. The van der Waals surface area contributed by atoms with Crippen molar-refractivity contribution in [1.29, 1.82) is 5.26 Å². The molecule has 3 atom stereocenters. The van der Waals surface area contributed by atoms with Crippen LogP contribution in [-0.2, 0) is 4.74 Å². The van der Waals surface area contributed by atoms with Gasteiger partial charge in [0.15, 0.2) is 6.10 Å². The zero-order valence-electron chi connectivity index (χ0n) is 9.52. The highest BCUT2D eigenvalue weighted by atomic mass is 35.5. The average Bonchev–Trinajstić information content (AvgIpc) is 2.29. The first kappa shape index (κ1) is 14.3. The fourth-order valence-electron chi connectivity index (χ4n) is 1.22. The Labute approximate surface area is 111 Å². The molecule has 0 fully saturated rings. The van der Waals surface area contributed by atoms with E-state index in [4.69, 9.17) is 33.2 Å². The monoisotopic (exact) mass is 273 g/mol. The molecule has 17 heavy (non-hydrogen) atoms. The number of halogens is 2. The van der Waals surface area contributed by atoms with E-state index >= 15 is 0 Å². The fourth-order valence-corrected chi connectivity index (χ4v) is 1.63. The van der Waals surface area contributed by atoms with E-state index in [1.165, 1.54) is 0 Å². The van der Waals surface area contributed by atoms with Gasteiger partial charge in [-0.05, 0) is 19.9 Å². The first-order valence-corrected chi connectivity index (χ1v) is 5.90. The van der Waals surface area contributed by atoms with E-state index in [0.29, 0.717) is 15.6 Å². The number of benzene rings is 1. The number of nitrogens with zero attached hydrogens (tertiary/aromatic N) is 1. The molecule has 3 nitrogen and oxygen atoms in total. The Balaban J connectivity index is 2.95. The van der Waals surface area contributed by atoms with Gasteiger partial charge in [-0.25, -0.2) is 0 Å². The van der Waals surface area contributed by atoms with Gasteiger partial charge in [-0.15, -0.1) is 0 Å². The minimum Gasteiger partial charge on any atom is -0.391 e. The van der Waals surface area contributed by atoms with Gasteiger partial charge in [0.1, 0.15) is 0 Å². The molecule has 0 amide bonds. The quantitative estimate of drug-likeness (QED) is 0.916. The first-order chi connectivity index (χ1) is 7.97. The van der Waals surface area contributed by atoms with Gasteiger partial charge in [0.2, 0.25) is 0 Å². The Morgan fingerprint density at radius 1 is 1.35 bits per heavy atom. The van der Waals surface area contributed by atoms with E-state index < -0.39 is 18.3 Å². The zero-order valence-corrected chi connectivity index (χ0v) is 11.0. The van der Waals surface area contributed by atoms with Crippen molar-refractivity contribution in [3.05, 3.63) is 33.8 Å². The maximum Gasteiger partial charge on any atom is 0.171 e. The molecule has 0 saturated carbocycles. The van der Waals surface area contributed by atoms with Crippen LogP contribution in [0.4, 0.5) is 0 Å². The predicted molar refractivity (Wildman–Crippen MR) is 67.0 cm³/mol. The lowest BCUT2D eigenvalue weighted by molar-refractivity contribution is -0.0425. The molecule has 0 saturated heterocycles. The molecule has 1 aromatic carbocycles. The van der Waals surface area contributed by atoms with Gasteiger partial charge < -0.3 is 9.84 Å². The summed E-state index contributed by atoms with van der Waals surface area (Å²) < 4.78 is 5.43. The van der Waals surface area contributed by atoms with Crippen LogP contribution in [0.5, 0.6) is 0 Å². The number of rotatable bonds is 4. The van der Waals surface area contributed by atoms with Crippen LogP contribution in [0.2, 0.25) is 10.0 Å². The standard InChI is InChI=1S/C12H13Cl2NO2/c1-7(16)8(2)17-11(6-15)9-4-3-5-10(13)12(9)14/h3-5,7-8,11,16H,1-2H3. The van der Waals surface area contributed by atoms with Crippen molar-refractivity contribution in [2.24, 2.45) is 0 Å². The van der Waals surface area contributed by atoms with Gasteiger partial charge in [-0.3, -0.25) is 0 Å². The Hall–Kier alpha value is -0.790. The third kappa shape index (κ3) is 3.58. The summed E-state index contributed by atoms with van der Waals surface area (Å²) in [5.41, 5.74) is 0.508. The molecule has 92 valence electrons. The summed E-state index contributed by atoms with van der Waals surface area (Å²) >= 11 is 11.9. The zero-order chi connectivity index (χ0) is 13.0. The summed E-state index contributed by atoms with van der Waals surface area (Å²) in [4.78, 5) is 0. The Bertz CT molecular complexity index is 429. The highest BCUT2D eigenvalue weighted by Gasteiger charge is 2.21. The SMILES string of the molecule is CC(O)C(C)OC(C#N)c1cccc(Cl)c1Cl. The smallest absolute Gasteiger partial charge is 0.171 e. The molecule has 3 unspecified atom stereocenters.